The molecule has 0 fully saturated rings. The Labute approximate surface area is 103 Å². The summed E-state index contributed by atoms with van der Waals surface area (Å²) in [5.41, 5.74) is 1.60. The van der Waals surface area contributed by atoms with Crippen LogP contribution >= 0.6 is 22.7 Å². The first-order chi connectivity index (χ1) is 7.69. The van der Waals surface area contributed by atoms with E-state index in [0.29, 0.717) is 5.57 Å². The van der Waals surface area contributed by atoms with Crippen LogP contribution < -0.4 is 0 Å². The summed E-state index contributed by atoms with van der Waals surface area (Å²) in [7, 11) is 0. The highest BCUT2D eigenvalue weighted by atomic mass is 32.1. The number of thiophene rings is 1. The fourth-order valence-electron chi connectivity index (χ4n) is 1.29. The molecule has 0 aromatic carbocycles. The van der Waals surface area contributed by atoms with Crippen LogP contribution in [0.4, 0.5) is 0 Å². The fourth-order valence-corrected chi connectivity index (χ4v) is 2.88. The molecule has 2 aromatic rings. The van der Waals surface area contributed by atoms with Crippen molar-refractivity contribution >= 4 is 34.3 Å². The van der Waals surface area contributed by atoms with Crippen molar-refractivity contribution in [2.24, 2.45) is 0 Å². The van der Waals surface area contributed by atoms with Crippen LogP contribution in [0.25, 0.3) is 11.6 Å². The van der Waals surface area contributed by atoms with Gasteiger partial charge in [-0.15, -0.1) is 22.7 Å². The van der Waals surface area contributed by atoms with E-state index in [0.717, 1.165) is 15.6 Å². The molecule has 4 heteroatoms. The summed E-state index contributed by atoms with van der Waals surface area (Å²) in [6, 6.07) is 6.28. The van der Waals surface area contributed by atoms with Gasteiger partial charge in [0.1, 0.15) is 11.1 Å². The summed E-state index contributed by atoms with van der Waals surface area (Å²) >= 11 is 3.19. The zero-order valence-electron chi connectivity index (χ0n) is 9.02. The number of hydrogen-bond acceptors (Lipinski definition) is 4. The molecule has 0 bridgehead atoms. The number of rotatable bonds is 2. The first kappa shape index (κ1) is 11.1. The number of allylic oxidation sites excluding steroid dienone is 1. The van der Waals surface area contributed by atoms with Gasteiger partial charge in [-0.2, -0.15) is 5.26 Å². The van der Waals surface area contributed by atoms with E-state index in [2.05, 4.69) is 24.0 Å². The Morgan fingerprint density at radius 2 is 2.25 bits per heavy atom. The summed E-state index contributed by atoms with van der Waals surface area (Å²) in [6.07, 6.45) is 1.90. The normalized spacial score (nSPS) is 11.4. The third kappa shape index (κ3) is 2.38. The van der Waals surface area contributed by atoms with Crippen molar-refractivity contribution in [3.8, 4) is 6.07 Å². The predicted octanol–water partition coefficient (Wildman–Crippen LogP) is 3.89. The Morgan fingerprint density at radius 3 is 2.75 bits per heavy atom. The predicted molar refractivity (Wildman–Crippen MR) is 69.4 cm³/mol. The monoisotopic (exact) mass is 246 g/mol. The molecular formula is C12H10N2S2. The molecule has 0 unspecified atom stereocenters. The van der Waals surface area contributed by atoms with E-state index in [1.54, 1.807) is 11.3 Å². The molecule has 0 saturated carbocycles. The molecule has 0 radical (unpaired) electrons. The Kier molecular flexibility index (Phi) is 3.18. The highest BCUT2D eigenvalue weighted by Crippen LogP contribution is 2.24. The van der Waals surface area contributed by atoms with Crippen LogP contribution in [-0.2, 0) is 0 Å². The van der Waals surface area contributed by atoms with Gasteiger partial charge in [-0.1, -0.05) is 0 Å². The van der Waals surface area contributed by atoms with Gasteiger partial charge in [-0.3, -0.25) is 0 Å². The van der Waals surface area contributed by atoms with Crippen molar-refractivity contribution in [3.05, 3.63) is 38.0 Å². The molecule has 0 amide bonds. The van der Waals surface area contributed by atoms with E-state index >= 15 is 0 Å². The lowest BCUT2D eigenvalue weighted by Crippen LogP contribution is -1.79. The molecule has 16 heavy (non-hydrogen) atoms. The number of aromatic nitrogens is 1. The van der Waals surface area contributed by atoms with Gasteiger partial charge in [-0.05, 0) is 32.1 Å². The smallest absolute Gasteiger partial charge is 0.134 e. The standard InChI is InChI=1S/C12H10N2S2/c1-8-7-15-12(14-8)10(6-13)5-11-4-3-9(2)16-11/h3-5,7H,1-2H3. The first-order valence-corrected chi connectivity index (χ1v) is 6.49. The quantitative estimate of drug-likeness (QED) is 0.754. The fraction of sp³-hybridized carbons (Fsp3) is 0.167. The molecule has 0 aliphatic carbocycles. The number of nitrogens with zero attached hydrogens (tertiary/aromatic N) is 2. The van der Waals surface area contributed by atoms with Crippen molar-refractivity contribution in [1.82, 2.24) is 4.98 Å². The second kappa shape index (κ2) is 4.60. The average Bonchev–Trinajstić information content (AvgIpc) is 2.84. The molecule has 2 rings (SSSR count). The van der Waals surface area contributed by atoms with E-state index in [1.807, 2.05) is 24.4 Å². The Hall–Kier alpha value is -1.44. The minimum absolute atomic E-state index is 0.639. The third-order valence-electron chi connectivity index (χ3n) is 2.02. The van der Waals surface area contributed by atoms with E-state index in [1.165, 1.54) is 16.2 Å². The summed E-state index contributed by atoms with van der Waals surface area (Å²) in [5, 5.41) is 11.9. The number of aryl methyl sites for hydroxylation is 2. The summed E-state index contributed by atoms with van der Waals surface area (Å²) in [5.74, 6) is 0. The highest BCUT2D eigenvalue weighted by Gasteiger charge is 2.06. The van der Waals surface area contributed by atoms with E-state index < -0.39 is 0 Å². The lowest BCUT2D eigenvalue weighted by atomic mass is 10.2. The maximum absolute atomic E-state index is 9.11. The third-order valence-corrected chi connectivity index (χ3v) is 3.96. The van der Waals surface area contributed by atoms with Crippen molar-refractivity contribution in [2.45, 2.75) is 13.8 Å². The maximum Gasteiger partial charge on any atom is 0.134 e. The van der Waals surface area contributed by atoms with Crippen LogP contribution in [0.2, 0.25) is 0 Å². The van der Waals surface area contributed by atoms with Gasteiger partial charge in [-0.25, -0.2) is 4.98 Å². The SMILES string of the molecule is Cc1csc(C(C#N)=Cc2ccc(C)s2)n1. The minimum atomic E-state index is 0.639. The van der Waals surface area contributed by atoms with Gasteiger partial charge in [0.05, 0.1) is 5.57 Å². The lowest BCUT2D eigenvalue weighted by Gasteiger charge is -1.90. The van der Waals surface area contributed by atoms with Crippen LogP contribution in [-0.4, -0.2) is 4.98 Å². The molecular weight excluding hydrogens is 236 g/mol. The Balaban J connectivity index is 2.37. The van der Waals surface area contributed by atoms with Crippen LogP contribution in [0, 0.1) is 25.2 Å². The van der Waals surface area contributed by atoms with Gasteiger partial charge in [0.15, 0.2) is 0 Å². The molecule has 2 nitrogen and oxygen atoms in total. The van der Waals surface area contributed by atoms with Crippen molar-refractivity contribution in [1.29, 1.82) is 5.26 Å². The number of nitriles is 1. The second-order valence-electron chi connectivity index (χ2n) is 3.41. The molecule has 0 saturated heterocycles. The van der Waals surface area contributed by atoms with Gasteiger partial charge >= 0.3 is 0 Å². The van der Waals surface area contributed by atoms with Crippen LogP contribution in [0.15, 0.2) is 17.5 Å². The summed E-state index contributed by atoms with van der Waals surface area (Å²) in [4.78, 5) is 6.67. The average molecular weight is 246 g/mol. The zero-order chi connectivity index (χ0) is 11.5. The molecule has 0 N–H and O–H groups in total. The van der Waals surface area contributed by atoms with Gasteiger partial charge < -0.3 is 0 Å². The summed E-state index contributed by atoms with van der Waals surface area (Å²) in [6.45, 7) is 3.99. The topological polar surface area (TPSA) is 36.7 Å². The Morgan fingerprint density at radius 1 is 1.44 bits per heavy atom. The van der Waals surface area contributed by atoms with Crippen molar-refractivity contribution in [2.75, 3.05) is 0 Å². The maximum atomic E-state index is 9.11. The molecule has 2 heterocycles. The highest BCUT2D eigenvalue weighted by molar-refractivity contribution is 7.13. The van der Waals surface area contributed by atoms with E-state index in [9.17, 15) is 0 Å². The second-order valence-corrected chi connectivity index (χ2v) is 5.59. The molecule has 2 aromatic heterocycles. The molecule has 0 spiro atoms. The molecule has 0 aliphatic heterocycles. The molecule has 0 aliphatic rings. The van der Waals surface area contributed by atoms with Gasteiger partial charge in [0, 0.05) is 20.8 Å². The molecule has 80 valence electrons. The van der Waals surface area contributed by atoms with E-state index in [4.69, 9.17) is 5.26 Å². The van der Waals surface area contributed by atoms with Crippen LogP contribution in [0.1, 0.15) is 20.5 Å². The van der Waals surface area contributed by atoms with Crippen molar-refractivity contribution in [3.63, 3.8) is 0 Å². The van der Waals surface area contributed by atoms with Gasteiger partial charge in [0.2, 0.25) is 0 Å². The zero-order valence-corrected chi connectivity index (χ0v) is 10.7. The van der Waals surface area contributed by atoms with Crippen LogP contribution in [0.5, 0.6) is 0 Å². The molecule has 0 atom stereocenters. The Bertz CT molecular complexity index is 570. The number of thiazole rings is 1. The first-order valence-electron chi connectivity index (χ1n) is 4.80. The lowest BCUT2D eigenvalue weighted by molar-refractivity contribution is 1.25. The number of hydrogen-bond donors (Lipinski definition) is 0. The van der Waals surface area contributed by atoms with E-state index in [-0.39, 0.29) is 0 Å². The minimum Gasteiger partial charge on any atom is -0.241 e. The largest absolute Gasteiger partial charge is 0.241 e. The summed E-state index contributed by atoms with van der Waals surface area (Å²) < 4.78 is 0. The van der Waals surface area contributed by atoms with Crippen LogP contribution in [0.3, 0.4) is 0 Å². The van der Waals surface area contributed by atoms with Crippen molar-refractivity contribution < 1.29 is 0 Å². The van der Waals surface area contributed by atoms with Gasteiger partial charge in [0.25, 0.3) is 0 Å².